The molecule has 0 heterocycles. The lowest BCUT2D eigenvalue weighted by atomic mass is 9.83. The highest BCUT2D eigenvalue weighted by Crippen LogP contribution is 2.27. The van der Waals surface area contributed by atoms with Crippen molar-refractivity contribution in [3.8, 4) is 6.07 Å². The molecule has 0 aliphatic heterocycles. The van der Waals surface area contributed by atoms with Crippen molar-refractivity contribution in [3.05, 3.63) is 12.7 Å². The highest BCUT2D eigenvalue weighted by molar-refractivity contribution is 5.79. The molecule has 5 nitrogen and oxygen atoms in total. The third-order valence-electron chi connectivity index (χ3n) is 3.47. The summed E-state index contributed by atoms with van der Waals surface area (Å²) < 4.78 is 0. The molecular weight excluding hydrogens is 242 g/mol. The molecule has 0 atom stereocenters. The van der Waals surface area contributed by atoms with E-state index in [1.54, 1.807) is 11.0 Å². The van der Waals surface area contributed by atoms with Gasteiger partial charge in [0.25, 0.3) is 0 Å². The monoisotopic (exact) mass is 265 g/mol. The molecule has 106 valence electrons. The minimum atomic E-state index is -0.686. The molecule has 0 unspecified atom stereocenters. The number of aliphatic hydroxyl groups excluding tert-OH is 1. The van der Waals surface area contributed by atoms with Gasteiger partial charge in [-0.15, -0.1) is 6.58 Å². The van der Waals surface area contributed by atoms with Crippen LogP contribution in [0.15, 0.2) is 12.7 Å². The molecule has 1 fully saturated rings. The van der Waals surface area contributed by atoms with E-state index in [1.165, 1.54) is 0 Å². The Morgan fingerprint density at radius 1 is 1.47 bits per heavy atom. The van der Waals surface area contributed by atoms with Gasteiger partial charge < -0.3 is 10.4 Å². The van der Waals surface area contributed by atoms with Gasteiger partial charge in [-0.05, 0) is 12.8 Å². The molecule has 0 spiro atoms. The number of rotatable bonds is 7. The van der Waals surface area contributed by atoms with Gasteiger partial charge in [-0.3, -0.25) is 9.69 Å². The molecular formula is C14H23N3O2. The van der Waals surface area contributed by atoms with Crippen molar-refractivity contribution >= 4 is 5.91 Å². The Bertz CT molecular complexity index is 343. The smallest absolute Gasteiger partial charge is 0.235 e. The molecule has 0 aromatic carbocycles. The molecule has 0 saturated heterocycles. The molecule has 19 heavy (non-hydrogen) atoms. The molecule has 0 radical (unpaired) electrons. The maximum absolute atomic E-state index is 12.0. The van der Waals surface area contributed by atoms with Crippen molar-refractivity contribution in [2.45, 2.75) is 37.6 Å². The number of amides is 1. The van der Waals surface area contributed by atoms with Gasteiger partial charge in [0.2, 0.25) is 5.91 Å². The number of nitriles is 1. The van der Waals surface area contributed by atoms with Crippen LogP contribution in [0.2, 0.25) is 0 Å². The van der Waals surface area contributed by atoms with E-state index in [1.807, 2.05) is 0 Å². The summed E-state index contributed by atoms with van der Waals surface area (Å²) in [5, 5.41) is 21.1. The van der Waals surface area contributed by atoms with Crippen LogP contribution < -0.4 is 5.32 Å². The van der Waals surface area contributed by atoms with Crippen LogP contribution >= 0.6 is 0 Å². The third kappa shape index (κ3) is 5.01. The Kier molecular flexibility index (Phi) is 6.54. The minimum Gasteiger partial charge on any atom is -0.395 e. The van der Waals surface area contributed by atoms with Gasteiger partial charge in [0.15, 0.2) is 0 Å². The van der Waals surface area contributed by atoms with Crippen LogP contribution in [0.4, 0.5) is 0 Å². The molecule has 1 amide bonds. The Labute approximate surface area is 114 Å². The van der Waals surface area contributed by atoms with Crippen LogP contribution in [0.5, 0.6) is 0 Å². The molecule has 0 bridgehead atoms. The fourth-order valence-electron chi connectivity index (χ4n) is 2.49. The fourth-order valence-corrected chi connectivity index (χ4v) is 2.49. The van der Waals surface area contributed by atoms with Gasteiger partial charge in [0, 0.05) is 13.1 Å². The van der Waals surface area contributed by atoms with E-state index in [9.17, 15) is 10.1 Å². The summed E-state index contributed by atoms with van der Waals surface area (Å²) >= 11 is 0. The van der Waals surface area contributed by atoms with E-state index in [2.05, 4.69) is 18.0 Å². The number of nitrogens with zero attached hydrogens (tertiary/aromatic N) is 2. The quantitative estimate of drug-likeness (QED) is 0.668. The minimum absolute atomic E-state index is 0.00448. The summed E-state index contributed by atoms with van der Waals surface area (Å²) in [5.41, 5.74) is -0.686. The number of carbonyl (C=O) groups is 1. The van der Waals surface area contributed by atoms with E-state index in [4.69, 9.17) is 5.11 Å². The molecule has 1 aliphatic rings. The highest BCUT2D eigenvalue weighted by atomic mass is 16.3. The SMILES string of the molecule is C=CCN(CCO)CC(=O)NC1(C#N)CCCCC1. The van der Waals surface area contributed by atoms with E-state index in [0.29, 0.717) is 13.1 Å². The van der Waals surface area contributed by atoms with E-state index in [-0.39, 0.29) is 19.1 Å². The van der Waals surface area contributed by atoms with Crippen LogP contribution in [-0.2, 0) is 4.79 Å². The van der Waals surface area contributed by atoms with Crippen molar-refractivity contribution in [1.29, 1.82) is 5.26 Å². The van der Waals surface area contributed by atoms with Crippen molar-refractivity contribution in [2.24, 2.45) is 0 Å². The van der Waals surface area contributed by atoms with Crippen LogP contribution in [0.3, 0.4) is 0 Å². The summed E-state index contributed by atoms with van der Waals surface area (Å²) in [4.78, 5) is 13.8. The predicted molar refractivity (Wildman–Crippen MR) is 73.3 cm³/mol. The van der Waals surface area contributed by atoms with Crippen molar-refractivity contribution in [3.63, 3.8) is 0 Å². The first-order valence-electron chi connectivity index (χ1n) is 6.82. The second-order valence-corrected chi connectivity index (χ2v) is 5.05. The first-order valence-corrected chi connectivity index (χ1v) is 6.82. The third-order valence-corrected chi connectivity index (χ3v) is 3.47. The lowest BCUT2D eigenvalue weighted by molar-refractivity contribution is -0.123. The van der Waals surface area contributed by atoms with Crippen molar-refractivity contribution in [1.82, 2.24) is 10.2 Å². The van der Waals surface area contributed by atoms with Crippen LogP contribution in [0.1, 0.15) is 32.1 Å². The largest absolute Gasteiger partial charge is 0.395 e. The van der Waals surface area contributed by atoms with Crippen LogP contribution in [-0.4, -0.2) is 47.7 Å². The van der Waals surface area contributed by atoms with Crippen LogP contribution in [0, 0.1) is 11.3 Å². The van der Waals surface area contributed by atoms with E-state index >= 15 is 0 Å². The zero-order valence-electron chi connectivity index (χ0n) is 11.4. The molecule has 1 rings (SSSR count). The average Bonchev–Trinajstić information content (AvgIpc) is 2.40. The number of aliphatic hydroxyl groups is 1. The molecule has 1 aliphatic carbocycles. The average molecular weight is 265 g/mol. The topological polar surface area (TPSA) is 76.4 Å². The molecule has 0 aromatic rings. The lowest BCUT2D eigenvalue weighted by Crippen LogP contribution is -2.51. The van der Waals surface area contributed by atoms with Gasteiger partial charge in [0.05, 0.1) is 19.2 Å². The Morgan fingerprint density at radius 3 is 2.68 bits per heavy atom. The zero-order chi connectivity index (χ0) is 14.1. The molecule has 2 N–H and O–H groups in total. The van der Waals surface area contributed by atoms with Gasteiger partial charge in [-0.25, -0.2) is 0 Å². The number of carbonyl (C=O) groups excluding carboxylic acids is 1. The number of hydrogen-bond donors (Lipinski definition) is 2. The zero-order valence-corrected chi connectivity index (χ0v) is 11.4. The maximum Gasteiger partial charge on any atom is 0.235 e. The Morgan fingerprint density at radius 2 is 2.16 bits per heavy atom. The summed E-state index contributed by atoms with van der Waals surface area (Å²) in [6.07, 6.45) is 6.27. The number of hydrogen-bond acceptors (Lipinski definition) is 4. The first-order chi connectivity index (χ1) is 9.15. The normalized spacial score (nSPS) is 17.7. The van der Waals surface area contributed by atoms with Gasteiger partial charge in [-0.2, -0.15) is 5.26 Å². The summed E-state index contributed by atoms with van der Waals surface area (Å²) in [6.45, 7) is 4.80. The van der Waals surface area contributed by atoms with Gasteiger partial charge in [0.1, 0.15) is 5.54 Å². The maximum atomic E-state index is 12.0. The van der Waals surface area contributed by atoms with Gasteiger partial charge in [-0.1, -0.05) is 25.3 Å². The molecule has 5 heteroatoms. The molecule has 1 saturated carbocycles. The van der Waals surface area contributed by atoms with Crippen LogP contribution in [0.25, 0.3) is 0 Å². The first kappa shape index (κ1) is 15.7. The summed E-state index contributed by atoms with van der Waals surface area (Å²) in [7, 11) is 0. The predicted octanol–water partition coefficient (Wildman–Crippen LogP) is 0.809. The second kappa shape index (κ2) is 7.93. The van der Waals surface area contributed by atoms with E-state index < -0.39 is 5.54 Å². The fraction of sp³-hybridized carbons (Fsp3) is 0.714. The Balaban J connectivity index is 2.52. The molecule has 0 aromatic heterocycles. The van der Waals surface area contributed by atoms with Crippen molar-refractivity contribution in [2.75, 3.05) is 26.2 Å². The van der Waals surface area contributed by atoms with Crippen molar-refractivity contribution < 1.29 is 9.90 Å². The second-order valence-electron chi connectivity index (χ2n) is 5.05. The summed E-state index contributed by atoms with van der Waals surface area (Å²) in [5.74, 6) is -0.154. The Hall–Kier alpha value is -1.38. The number of nitrogens with one attached hydrogen (secondary N) is 1. The highest BCUT2D eigenvalue weighted by Gasteiger charge is 2.33. The summed E-state index contributed by atoms with van der Waals surface area (Å²) in [6, 6.07) is 2.27. The van der Waals surface area contributed by atoms with E-state index in [0.717, 1.165) is 32.1 Å². The lowest BCUT2D eigenvalue weighted by Gasteiger charge is -2.32. The standard InChI is InChI=1S/C14H23N3O2/c1-2-8-17(9-10-18)11-13(19)16-14(12-15)6-4-3-5-7-14/h2,18H,1,3-11H2,(H,16,19). The van der Waals surface area contributed by atoms with Gasteiger partial charge >= 0.3 is 0 Å².